The van der Waals surface area contributed by atoms with E-state index in [1.165, 1.54) is 0 Å². The molecule has 4 N–H and O–H groups in total. The molecule has 0 aliphatic carbocycles. The van der Waals surface area contributed by atoms with Crippen LogP contribution in [-0.2, 0) is 30.3 Å². The second-order valence-corrected chi connectivity index (χ2v) is 7.54. The first-order valence-corrected chi connectivity index (χ1v) is 8.37. The van der Waals surface area contributed by atoms with Crippen LogP contribution in [0.25, 0.3) is 0 Å². The number of sulfonamides is 1. The van der Waals surface area contributed by atoms with E-state index < -0.39 is 44.9 Å². The number of benzene rings is 1. The topological polar surface area (TPSA) is 169 Å². The zero-order chi connectivity index (χ0) is 14.4. The Bertz CT molecular complexity index is 667. The van der Waals surface area contributed by atoms with Gasteiger partial charge >= 0.3 is 0 Å². The normalized spacial score (nSPS) is 13.5. The van der Waals surface area contributed by atoms with Crippen LogP contribution in [0.4, 0.5) is 0 Å². The smallest absolute Gasteiger partial charge is 0.282 e. The van der Waals surface area contributed by atoms with Crippen LogP contribution in [0.1, 0.15) is 0 Å². The third-order valence-corrected chi connectivity index (χ3v) is 4.33. The average molecular weight is 317 g/mol. The van der Waals surface area contributed by atoms with E-state index in [1.807, 2.05) is 0 Å². The van der Waals surface area contributed by atoms with Crippen molar-refractivity contribution in [3.63, 3.8) is 0 Å². The summed E-state index contributed by atoms with van der Waals surface area (Å²) in [6, 6.07) is 1.30. The second kappa shape index (κ2) is 4.25. The molecule has 1 rings (SSSR count). The van der Waals surface area contributed by atoms with Crippen LogP contribution in [0.3, 0.4) is 0 Å². The molecule has 0 radical (unpaired) electrons. The van der Waals surface area contributed by atoms with Crippen LogP contribution in [0.2, 0.25) is 0 Å². The first-order chi connectivity index (χ1) is 7.82. The quantitative estimate of drug-likeness (QED) is 0.585. The van der Waals surface area contributed by atoms with Gasteiger partial charge in [-0.3, -0.25) is 9.11 Å². The van der Waals surface area contributed by atoms with Gasteiger partial charge in [-0.2, -0.15) is 16.8 Å². The Morgan fingerprint density at radius 3 is 1.22 bits per heavy atom. The molecule has 0 fully saturated rings. The van der Waals surface area contributed by atoms with Crippen LogP contribution in [0.15, 0.2) is 32.9 Å². The van der Waals surface area contributed by atoms with E-state index in [0.717, 1.165) is 0 Å². The van der Waals surface area contributed by atoms with E-state index in [4.69, 9.17) is 14.2 Å². The maximum Gasteiger partial charge on any atom is 0.294 e. The average Bonchev–Trinajstić information content (AvgIpc) is 2.13. The summed E-state index contributed by atoms with van der Waals surface area (Å²) in [6.45, 7) is 0. The minimum Gasteiger partial charge on any atom is -0.282 e. The predicted octanol–water partition coefficient (Wildman–Crippen LogP) is -1.17. The minimum atomic E-state index is -4.86. The lowest BCUT2D eigenvalue weighted by molar-refractivity contribution is 0.480. The molecule has 0 unspecified atom stereocenters. The Hall–Kier alpha value is -1.05. The van der Waals surface area contributed by atoms with Crippen LogP contribution >= 0.6 is 0 Å². The lowest BCUT2D eigenvalue weighted by atomic mass is 10.4. The fourth-order valence-corrected chi connectivity index (χ4v) is 2.92. The van der Waals surface area contributed by atoms with Crippen LogP contribution in [0.5, 0.6) is 0 Å². The van der Waals surface area contributed by atoms with Crippen molar-refractivity contribution in [2.45, 2.75) is 14.7 Å². The van der Waals surface area contributed by atoms with Gasteiger partial charge in [0.05, 0.1) is 14.7 Å². The van der Waals surface area contributed by atoms with E-state index in [1.54, 1.807) is 0 Å². The Kier molecular flexibility index (Phi) is 3.55. The Morgan fingerprint density at radius 2 is 1.00 bits per heavy atom. The van der Waals surface area contributed by atoms with Crippen molar-refractivity contribution in [3.05, 3.63) is 18.2 Å². The highest BCUT2D eigenvalue weighted by Crippen LogP contribution is 2.21. The van der Waals surface area contributed by atoms with Crippen molar-refractivity contribution in [3.8, 4) is 0 Å². The summed E-state index contributed by atoms with van der Waals surface area (Å²) >= 11 is 0. The van der Waals surface area contributed by atoms with Gasteiger partial charge in [0.15, 0.2) is 0 Å². The molecule has 18 heavy (non-hydrogen) atoms. The van der Waals surface area contributed by atoms with Gasteiger partial charge in [0.25, 0.3) is 20.2 Å². The molecule has 0 amide bonds. The Morgan fingerprint density at radius 1 is 0.722 bits per heavy atom. The zero-order valence-corrected chi connectivity index (χ0v) is 10.8. The number of rotatable bonds is 3. The van der Waals surface area contributed by atoms with Gasteiger partial charge in [-0.1, -0.05) is 0 Å². The standard InChI is InChI=1S/C6H7NO8S3/c7-16(8,9)4-1-5(17(10,11)12)3-6(2-4)18(13,14)15/h1-3H,(H2,7,8,9)(H,10,11,12)(H,13,14,15). The Labute approximate surface area is 103 Å². The third kappa shape index (κ3) is 3.47. The van der Waals surface area contributed by atoms with Crippen molar-refractivity contribution in [2.75, 3.05) is 0 Å². The molecule has 0 aliphatic heterocycles. The van der Waals surface area contributed by atoms with E-state index in [2.05, 4.69) is 0 Å². The molecule has 0 aliphatic rings. The van der Waals surface area contributed by atoms with Gasteiger partial charge < -0.3 is 0 Å². The molecule has 0 saturated heterocycles. The van der Waals surface area contributed by atoms with Gasteiger partial charge in [-0.15, -0.1) is 0 Å². The highest BCUT2D eigenvalue weighted by atomic mass is 32.2. The highest BCUT2D eigenvalue weighted by Gasteiger charge is 2.21. The number of hydrogen-bond donors (Lipinski definition) is 3. The molecule has 0 aromatic heterocycles. The molecule has 0 atom stereocenters. The summed E-state index contributed by atoms with van der Waals surface area (Å²) in [6.07, 6.45) is 0. The van der Waals surface area contributed by atoms with Crippen molar-refractivity contribution in [1.29, 1.82) is 0 Å². The summed E-state index contributed by atoms with van der Waals surface area (Å²) < 4.78 is 82.8. The van der Waals surface area contributed by atoms with E-state index >= 15 is 0 Å². The summed E-state index contributed by atoms with van der Waals surface area (Å²) in [5.74, 6) is 0. The predicted molar refractivity (Wildman–Crippen MR) is 57.4 cm³/mol. The number of nitrogens with two attached hydrogens (primary N) is 1. The first-order valence-electron chi connectivity index (χ1n) is 3.95. The third-order valence-electron chi connectivity index (χ3n) is 1.78. The molecule has 0 bridgehead atoms. The van der Waals surface area contributed by atoms with Gasteiger partial charge in [0, 0.05) is 0 Å². The van der Waals surface area contributed by atoms with Gasteiger partial charge in [0.1, 0.15) is 0 Å². The fourth-order valence-electron chi connectivity index (χ4n) is 1.01. The summed E-state index contributed by atoms with van der Waals surface area (Å²) in [7, 11) is -14.1. The van der Waals surface area contributed by atoms with Crippen LogP contribution in [-0.4, -0.2) is 34.4 Å². The highest BCUT2D eigenvalue weighted by molar-refractivity contribution is 7.89. The van der Waals surface area contributed by atoms with E-state index in [9.17, 15) is 25.3 Å². The minimum absolute atomic E-state index is 0.388. The molecule has 1 aromatic carbocycles. The summed E-state index contributed by atoms with van der Waals surface area (Å²) in [4.78, 5) is -2.94. The molecule has 0 saturated carbocycles. The van der Waals surface area contributed by atoms with Gasteiger partial charge in [0.2, 0.25) is 10.0 Å². The van der Waals surface area contributed by atoms with Crippen molar-refractivity contribution >= 4 is 30.3 Å². The maximum atomic E-state index is 11.0. The largest absolute Gasteiger partial charge is 0.294 e. The molecule has 0 spiro atoms. The SMILES string of the molecule is NS(=O)(=O)c1cc(S(=O)(=O)O)cc(S(=O)(=O)O)c1. The summed E-state index contributed by atoms with van der Waals surface area (Å²) in [5, 5.41) is 4.70. The van der Waals surface area contributed by atoms with Crippen molar-refractivity contribution in [1.82, 2.24) is 0 Å². The van der Waals surface area contributed by atoms with E-state index in [-0.39, 0.29) is 0 Å². The molecule has 102 valence electrons. The van der Waals surface area contributed by atoms with E-state index in [0.29, 0.717) is 18.2 Å². The molecule has 1 aromatic rings. The molecule has 9 nitrogen and oxygen atoms in total. The zero-order valence-electron chi connectivity index (χ0n) is 8.38. The monoisotopic (exact) mass is 317 g/mol. The summed E-state index contributed by atoms with van der Waals surface area (Å²) in [5.41, 5.74) is 0. The van der Waals surface area contributed by atoms with Crippen LogP contribution in [0, 0.1) is 0 Å². The number of hydrogen-bond acceptors (Lipinski definition) is 6. The lowest BCUT2D eigenvalue weighted by Crippen LogP contribution is -2.14. The molecular formula is C6H7NO8S3. The van der Waals surface area contributed by atoms with Crippen molar-refractivity contribution in [2.24, 2.45) is 5.14 Å². The fraction of sp³-hybridized carbons (Fsp3) is 0. The lowest BCUT2D eigenvalue weighted by Gasteiger charge is -2.04. The molecule has 0 heterocycles. The van der Waals surface area contributed by atoms with Crippen molar-refractivity contribution < 1.29 is 34.4 Å². The second-order valence-electron chi connectivity index (χ2n) is 3.14. The first kappa shape index (κ1) is 15.0. The Balaban J connectivity index is 3.82. The van der Waals surface area contributed by atoms with Gasteiger partial charge in [-0.05, 0) is 18.2 Å². The number of primary sulfonamides is 1. The molecular weight excluding hydrogens is 310 g/mol. The van der Waals surface area contributed by atoms with Crippen LogP contribution < -0.4 is 5.14 Å². The maximum absolute atomic E-state index is 11.0. The molecule has 12 heteroatoms. The van der Waals surface area contributed by atoms with Gasteiger partial charge in [-0.25, -0.2) is 13.6 Å².